The van der Waals surface area contributed by atoms with Gasteiger partial charge in [0.25, 0.3) is 0 Å². The lowest BCUT2D eigenvalue weighted by Gasteiger charge is -2.09. The van der Waals surface area contributed by atoms with Gasteiger partial charge < -0.3 is 5.11 Å². The number of allylic oxidation sites excluding steroid dienone is 8. The lowest BCUT2D eigenvalue weighted by molar-refractivity contribution is -0.141. The number of carbonyl (C=O) groups is 1. The summed E-state index contributed by atoms with van der Waals surface area (Å²) in [4.78, 5) is 10.8. The topological polar surface area (TPSA) is 37.3 Å². The molecular weight excluding hydrogens is 315 g/mol. The first kappa shape index (κ1) is 22.9. The van der Waals surface area contributed by atoms with Crippen LogP contribution in [0.2, 0.25) is 0 Å². The zero-order chi connectivity index (χ0) is 18.2. The van der Waals surface area contributed by atoms with Crippen molar-refractivity contribution in [1.82, 2.24) is 0 Å². The van der Waals surface area contributed by atoms with E-state index in [1.165, 1.54) is 6.42 Å². The van der Waals surface area contributed by atoms with Crippen molar-refractivity contribution >= 4 is 14.6 Å². The number of hydrogen-bond donors (Lipinski definition) is 1. The van der Waals surface area contributed by atoms with Crippen molar-refractivity contribution in [2.75, 3.05) is 6.66 Å². The molecule has 0 spiro atoms. The number of rotatable bonds is 13. The smallest absolute Gasteiger partial charge is 0.306 e. The van der Waals surface area contributed by atoms with Crippen molar-refractivity contribution in [3.63, 3.8) is 0 Å². The van der Waals surface area contributed by atoms with Crippen LogP contribution in [0.4, 0.5) is 0 Å². The van der Waals surface area contributed by atoms with Crippen LogP contribution in [-0.2, 0) is 4.79 Å². The summed E-state index contributed by atoms with van der Waals surface area (Å²) in [5, 5.41) is 8.88. The Morgan fingerprint density at radius 3 is 1.92 bits per heavy atom. The summed E-state index contributed by atoms with van der Waals surface area (Å²) in [7, 11) is 0.998. The Bertz CT molecular complexity index is 431. The Labute approximate surface area is 150 Å². The first-order valence-electron chi connectivity index (χ1n) is 9.04. The molecule has 0 bridgehead atoms. The molecular formula is C21H35O2P. The van der Waals surface area contributed by atoms with Gasteiger partial charge in [0.2, 0.25) is 0 Å². The molecule has 4 atom stereocenters. The molecule has 0 aromatic heterocycles. The van der Waals surface area contributed by atoms with E-state index >= 15 is 0 Å². The first-order valence-corrected chi connectivity index (χ1v) is 10.6. The number of aliphatic carboxylic acids is 1. The minimum absolute atomic E-state index is 0.273. The highest BCUT2D eigenvalue weighted by atomic mass is 31.1. The molecule has 1 N–H and O–H groups in total. The van der Waals surface area contributed by atoms with Crippen LogP contribution in [-0.4, -0.2) is 23.4 Å². The van der Waals surface area contributed by atoms with E-state index in [2.05, 4.69) is 69.1 Å². The highest BCUT2D eigenvalue weighted by Crippen LogP contribution is 2.18. The van der Waals surface area contributed by atoms with Crippen LogP contribution in [0.15, 0.2) is 48.6 Å². The van der Waals surface area contributed by atoms with Crippen LogP contribution in [0, 0.1) is 11.8 Å². The number of carboxylic acid groups (broad SMARTS) is 1. The molecule has 0 amide bonds. The fourth-order valence-electron chi connectivity index (χ4n) is 2.35. The third kappa shape index (κ3) is 13.3. The van der Waals surface area contributed by atoms with E-state index in [4.69, 9.17) is 5.11 Å². The van der Waals surface area contributed by atoms with Crippen LogP contribution in [0.5, 0.6) is 0 Å². The van der Waals surface area contributed by atoms with E-state index in [0.717, 1.165) is 33.5 Å². The maximum absolute atomic E-state index is 10.8. The minimum atomic E-state index is -0.711. The summed E-state index contributed by atoms with van der Waals surface area (Å²) < 4.78 is 0. The van der Waals surface area contributed by atoms with Crippen molar-refractivity contribution in [3.05, 3.63) is 48.6 Å². The normalized spacial score (nSPS) is 17.0. The quantitative estimate of drug-likeness (QED) is 0.316. The molecule has 0 aliphatic rings. The average molecular weight is 350 g/mol. The summed E-state index contributed by atoms with van der Waals surface area (Å²) in [6, 6.07) is 0. The Morgan fingerprint density at radius 1 is 0.958 bits per heavy atom. The number of carboxylic acids is 1. The van der Waals surface area contributed by atoms with Gasteiger partial charge in [-0.15, -0.1) is 8.58 Å². The highest BCUT2D eigenvalue weighted by Gasteiger charge is 2.12. The maximum Gasteiger partial charge on any atom is 0.306 e. The zero-order valence-corrected chi connectivity index (χ0v) is 16.7. The lowest BCUT2D eigenvalue weighted by Crippen LogP contribution is -2.12. The monoisotopic (exact) mass is 350 g/mol. The third-order valence-corrected chi connectivity index (χ3v) is 5.28. The van der Waals surface area contributed by atoms with Gasteiger partial charge in [0.05, 0.1) is 5.92 Å². The van der Waals surface area contributed by atoms with Crippen molar-refractivity contribution in [3.8, 4) is 0 Å². The summed E-state index contributed by atoms with van der Waals surface area (Å²) in [5.41, 5.74) is 0.756. The summed E-state index contributed by atoms with van der Waals surface area (Å²) in [6.45, 7) is 8.34. The van der Waals surface area contributed by atoms with E-state index in [9.17, 15) is 4.79 Å². The molecule has 3 heteroatoms. The zero-order valence-electron chi connectivity index (χ0n) is 15.7. The summed E-state index contributed by atoms with van der Waals surface area (Å²) in [6.07, 6.45) is 22.5. The molecule has 4 unspecified atom stereocenters. The molecule has 2 nitrogen and oxygen atoms in total. The molecule has 24 heavy (non-hydrogen) atoms. The van der Waals surface area contributed by atoms with Crippen molar-refractivity contribution in [2.45, 2.75) is 58.5 Å². The van der Waals surface area contributed by atoms with Crippen molar-refractivity contribution in [2.24, 2.45) is 11.8 Å². The molecule has 0 aliphatic carbocycles. The fourth-order valence-corrected chi connectivity index (χ4v) is 3.08. The second-order valence-corrected chi connectivity index (χ2v) is 7.58. The van der Waals surface area contributed by atoms with E-state index in [-0.39, 0.29) is 5.92 Å². The van der Waals surface area contributed by atoms with Crippen LogP contribution in [0.1, 0.15) is 52.9 Å². The van der Waals surface area contributed by atoms with Gasteiger partial charge in [0.1, 0.15) is 0 Å². The molecule has 0 aromatic carbocycles. The van der Waals surface area contributed by atoms with Crippen molar-refractivity contribution in [1.29, 1.82) is 0 Å². The van der Waals surface area contributed by atoms with Gasteiger partial charge in [-0.2, -0.15) is 0 Å². The summed E-state index contributed by atoms with van der Waals surface area (Å²) in [5.74, 6) is -0.672. The Kier molecular flexibility index (Phi) is 14.7. The Hall–Kier alpha value is -1.14. The fraction of sp³-hybridized carbons (Fsp3) is 0.571. The molecule has 136 valence electrons. The number of hydrogen-bond acceptors (Lipinski definition) is 1. The first-order chi connectivity index (χ1) is 11.5. The third-order valence-electron chi connectivity index (χ3n) is 3.94. The van der Waals surface area contributed by atoms with Gasteiger partial charge in [-0.05, 0) is 50.3 Å². The van der Waals surface area contributed by atoms with Crippen LogP contribution in [0.25, 0.3) is 0 Å². The van der Waals surface area contributed by atoms with Gasteiger partial charge >= 0.3 is 5.97 Å². The van der Waals surface area contributed by atoms with E-state index < -0.39 is 5.97 Å². The molecule has 0 aliphatic heterocycles. The van der Waals surface area contributed by atoms with Crippen LogP contribution in [0.3, 0.4) is 0 Å². The van der Waals surface area contributed by atoms with Gasteiger partial charge in [-0.1, -0.05) is 69.4 Å². The standard InChI is InChI=1S/C21H35O2P/c1-5-20(24-4)16-14-12-10-8-6-7-9-11-13-15-18(2)17-19(3)21(22)23/h7-10,13-16,18-20,24H,5-6,11-12,17H2,1-4H3,(H,22,23)/b9-7-,10-8-,15-13-,16-14-. The molecule has 0 aromatic rings. The predicted molar refractivity (Wildman–Crippen MR) is 109 cm³/mol. The maximum atomic E-state index is 10.8. The molecule has 0 saturated carbocycles. The molecule has 0 saturated heterocycles. The molecule has 0 heterocycles. The lowest BCUT2D eigenvalue weighted by atomic mass is 9.97. The van der Waals surface area contributed by atoms with Crippen molar-refractivity contribution < 1.29 is 9.90 Å². The van der Waals surface area contributed by atoms with Gasteiger partial charge in [0, 0.05) is 0 Å². The Morgan fingerprint density at radius 2 is 1.46 bits per heavy atom. The highest BCUT2D eigenvalue weighted by molar-refractivity contribution is 7.38. The van der Waals surface area contributed by atoms with Gasteiger partial charge in [-0.3, -0.25) is 4.79 Å². The van der Waals surface area contributed by atoms with E-state index in [0.29, 0.717) is 12.3 Å². The molecule has 0 rings (SSSR count). The largest absolute Gasteiger partial charge is 0.481 e. The average Bonchev–Trinajstić information content (AvgIpc) is 2.55. The van der Waals surface area contributed by atoms with Gasteiger partial charge in [-0.25, -0.2) is 0 Å². The van der Waals surface area contributed by atoms with Crippen LogP contribution >= 0.6 is 8.58 Å². The Balaban J connectivity index is 3.80. The second-order valence-electron chi connectivity index (χ2n) is 6.26. The second kappa shape index (κ2) is 15.4. The predicted octanol–water partition coefficient (Wildman–Crippen LogP) is 6.22. The summed E-state index contributed by atoms with van der Waals surface area (Å²) >= 11 is 0. The molecule has 0 radical (unpaired) electrons. The molecule has 0 fully saturated rings. The van der Waals surface area contributed by atoms with E-state index in [1.807, 2.05) is 0 Å². The van der Waals surface area contributed by atoms with E-state index in [1.54, 1.807) is 6.92 Å². The minimum Gasteiger partial charge on any atom is -0.481 e. The SMILES string of the molecule is CCC(/C=C\C/C=C\C/C=C\C/C=C\C(C)CC(C)C(=O)O)PC. The van der Waals surface area contributed by atoms with Gasteiger partial charge in [0.15, 0.2) is 0 Å². The van der Waals surface area contributed by atoms with Crippen LogP contribution < -0.4 is 0 Å².